The number of carbonyl (C=O) groups excluding carboxylic acids is 2. The summed E-state index contributed by atoms with van der Waals surface area (Å²) < 4.78 is 0. The van der Waals surface area contributed by atoms with Crippen molar-refractivity contribution in [3.05, 3.63) is 50.4 Å². The summed E-state index contributed by atoms with van der Waals surface area (Å²) in [5.74, 6) is -0.199. The van der Waals surface area contributed by atoms with Crippen LogP contribution in [0.3, 0.4) is 0 Å². The number of likely N-dealkylation sites (tertiary alicyclic amines) is 1. The molecule has 3 aliphatic rings. The molecule has 3 unspecified atom stereocenters. The molecule has 0 spiro atoms. The molecule has 168 valence electrons. The van der Waals surface area contributed by atoms with Crippen molar-refractivity contribution in [1.29, 1.82) is 0 Å². The van der Waals surface area contributed by atoms with Gasteiger partial charge in [-0.1, -0.05) is 12.1 Å². The number of hydrazone groups is 1. The molecule has 2 fully saturated rings. The summed E-state index contributed by atoms with van der Waals surface area (Å²) in [6.07, 6.45) is 7.09. The van der Waals surface area contributed by atoms with Gasteiger partial charge in [-0.2, -0.15) is 5.10 Å². The molecular formula is C24H28N4O2S2. The number of nitrogens with two attached hydrogens (primary N) is 1. The first-order valence-electron chi connectivity index (χ1n) is 11.3. The average Bonchev–Trinajstić information content (AvgIpc) is 3.54. The van der Waals surface area contributed by atoms with E-state index in [0.717, 1.165) is 44.4 Å². The van der Waals surface area contributed by atoms with Gasteiger partial charge >= 0.3 is 0 Å². The Morgan fingerprint density at radius 1 is 1.16 bits per heavy atom. The molecule has 1 saturated heterocycles. The number of allylic oxidation sites excluding steroid dienone is 1. The minimum absolute atomic E-state index is 0.00546. The quantitative estimate of drug-likeness (QED) is 0.717. The van der Waals surface area contributed by atoms with Crippen LogP contribution in [0, 0.1) is 11.8 Å². The summed E-state index contributed by atoms with van der Waals surface area (Å²) in [4.78, 5) is 29.7. The van der Waals surface area contributed by atoms with Crippen LogP contribution in [0.5, 0.6) is 0 Å². The van der Waals surface area contributed by atoms with E-state index < -0.39 is 0 Å². The van der Waals surface area contributed by atoms with Crippen molar-refractivity contribution >= 4 is 46.3 Å². The van der Waals surface area contributed by atoms with Gasteiger partial charge in [0, 0.05) is 22.2 Å². The Balaban J connectivity index is 1.42. The molecule has 0 radical (unpaired) electrons. The van der Waals surface area contributed by atoms with Crippen LogP contribution in [0.1, 0.15) is 47.9 Å². The maximum atomic E-state index is 13.5. The molecule has 2 aromatic heterocycles. The van der Waals surface area contributed by atoms with Crippen LogP contribution >= 0.6 is 22.7 Å². The maximum absolute atomic E-state index is 13.5. The molecule has 1 aliphatic carbocycles. The number of carbonyl (C=O) groups is 2. The number of nitrogens with zero attached hydrogens (tertiary/aromatic N) is 3. The Morgan fingerprint density at radius 3 is 2.75 bits per heavy atom. The monoisotopic (exact) mass is 468 g/mol. The number of hydrogen-bond donors (Lipinski definition) is 1. The van der Waals surface area contributed by atoms with E-state index in [4.69, 9.17) is 10.8 Å². The largest absolute Gasteiger partial charge is 0.369 e. The second-order valence-electron chi connectivity index (χ2n) is 8.84. The SMILES string of the molecule is NC(=O)C1CCCN(CC(=O)N2N=C3/C(=C\c4cccs4)CCCC3C2c2cccs2)C1. The van der Waals surface area contributed by atoms with Crippen LogP contribution in [0.15, 0.2) is 45.7 Å². The van der Waals surface area contributed by atoms with Gasteiger partial charge in [0.15, 0.2) is 0 Å². The van der Waals surface area contributed by atoms with Gasteiger partial charge in [-0.15, -0.1) is 22.7 Å². The Hall–Kier alpha value is -2.29. The normalized spacial score (nSPS) is 27.4. The lowest BCUT2D eigenvalue weighted by Crippen LogP contribution is -2.46. The predicted molar refractivity (Wildman–Crippen MR) is 129 cm³/mol. The molecule has 1 saturated carbocycles. The van der Waals surface area contributed by atoms with Crippen LogP contribution in [-0.2, 0) is 9.59 Å². The summed E-state index contributed by atoms with van der Waals surface area (Å²) in [6, 6.07) is 8.32. The van der Waals surface area contributed by atoms with E-state index in [1.165, 1.54) is 15.3 Å². The van der Waals surface area contributed by atoms with E-state index >= 15 is 0 Å². The molecule has 2 amide bonds. The van der Waals surface area contributed by atoms with Gasteiger partial charge in [-0.05, 0) is 73.2 Å². The Labute approximate surface area is 196 Å². The lowest BCUT2D eigenvalue weighted by atomic mass is 9.79. The second-order valence-corrected chi connectivity index (χ2v) is 10.8. The molecule has 2 aliphatic heterocycles. The van der Waals surface area contributed by atoms with Crippen molar-refractivity contribution in [3.63, 3.8) is 0 Å². The minimum Gasteiger partial charge on any atom is -0.369 e. The zero-order chi connectivity index (χ0) is 22.1. The summed E-state index contributed by atoms with van der Waals surface area (Å²) in [5, 5.41) is 10.9. The number of fused-ring (bicyclic) bond motifs is 1. The van der Waals surface area contributed by atoms with E-state index in [9.17, 15) is 9.59 Å². The molecule has 8 heteroatoms. The first-order chi connectivity index (χ1) is 15.6. The number of thiophene rings is 2. The van der Waals surface area contributed by atoms with Crippen molar-refractivity contribution in [2.24, 2.45) is 22.7 Å². The summed E-state index contributed by atoms with van der Waals surface area (Å²) in [5.41, 5.74) is 7.86. The van der Waals surface area contributed by atoms with Gasteiger partial charge in [0.2, 0.25) is 5.91 Å². The van der Waals surface area contributed by atoms with Crippen LogP contribution in [0.25, 0.3) is 6.08 Å². The number of primary amides is 1. The molecule has 0 aromatic carbocycles. The molecule has 2 aromatic rings. The van der Waals surface area contributed by atoms with E-state index in [-0.39, 0.29) is 36.2 Å². The molecule has 5 rings (SSSR count). The lowest BCUT2D eigenvalue weighted by molar-refractivity contribution is -0.136. The maximum Gasteiger partial charge on any atom is 0.257 e. The fraction of sp³-hybridized carbons (Fsp3) is 0.458. The Kier molecular flexibility index (Phi) is 6.26. The van der Waals surface area contributed by atoms with Gasteiger partial charge in [0.05, 0.1) is 24.2 Å². The summed E-state index contributed by atoms with van der Waals surface area (Å²) in [7, 11) is 0. The highest BCUT2D eigenvalue weighted by atomic mass is 32.1. The van der Waals surface area contributed by atoms with Crippen molar-refractivity contribution < 1.29 is 9.59 Å². The van der Waals surface area contributed by atoms with Crippen molar-refractivity contribution in [2.45, 2.75) is 38.1 Å². The first-order valence-corrected chi connectivity index (χ1v) is 13.1. The third-order valence-corrected chi connectivity index (χ3v) is 8.48. The van der Waals surface area contributed by atoms with Crippen LogP contribution in [0.4, 0.5) is 0 Å². The fourth-order valence-electron chi connectivity index (χ4n) is 5.19. The zero-order valence-corrected chi connectivity index (χ0v) is 19.6. The van der Waals surface area contributed by atoms with Gasteiger partial charge in [-0.25, -0.2) is 5.01 Å². The third-order valence-electron chi connectivity index (χ3n) is 6.72. The molecule has 0 bridgehead atoms. The highest BCUT2D eigenvalue weighted by molar-refractivity contribution is 7.11. The van der Waals surface area contributed by atoms with Gasteiger partial charge < -0.3 is 5.73 Å². The fourth-order valence-corrected chi connectivity index (χ4v) is 6.74. The Morgan fingerprint density at radius 2 is 2.00 bits per heavy atom. The highest BCUT2D eigenvalue weighted by Gasteiger charge is 2.44. The summed E-state index contributed by atoms with van der Waals surface area (Å²) in [6.45, 7) is 1.65. The predicted octanol–water partition coefficient (Wildman–Crippen LogP) is 4.13. The summed E-state index contributed by atoms with van der Waals surface area (Å²) >= 11 is 3.42. The van der Waals surface area contributed by atoms with Gasteiger partial charge in [-0.3, -0.25) is 14.5 Å². The highest BCUT2D eigenvalue weighted by Crippen LogP contribution is 2.45. The molecule has 32 heavy (non-hydrogen) atoms. The molecule has 2 N–H and O–H groups in total. The van der Waals surface area contributed by atoms with Crippen LogP contribution < -0.4 is 5.73 Å². The van der Waals surface area contributed by atoms with E-state index in [0.29, 0.717) is 6.54 Å². The number of hydrogen-bond acceptors (Lipinski definition) is 6. The smallest absolute Gasteiger partial charge is 0.257 e. The third kappa shape index (κ3) is 4.31. The van der Waals surface area contributed by atoms with E-state index in [1.54, 1.807) is 27.7 Å². The molecule has 6 nitrogen and oxygen atoms in total. The number of piperidine rings is 1. The minimum atomic E-state index is -0.269. The molecule has 3 atom stereocenters. The molecular weight excluding hydrogens is 440 g/mol. The molecule has 4 heterocycles. The lowest BCUT2D eigenvalue weighted by Gasteiger charge is -2.33. The van der Waals surface area contributed by atoms with Crippen LogP contribution in [0.2, 0.25) is 0 Å². The van der Waals surface area contributed by atoms with Gasteiger partial charge in [0.25, 0.3) is 5.91 Å². The van der Waals surface area contributed by atoms with E-state index in [1.807, 2.05) is 6.07 Å². The second kappa shape index (κ2) is 9.29. The van der Waals surface area contributed by atoms with Gasteiger partial charge in [0.1, 0.15) is 0 Å². The topological polar surface area (TPSA) is 79.0 Å². The first kappa shape index (κ1) is 21.6. The van der Waals surface area contributed by atoms with E-state index in [2.05, 4.69) is 39.9 Å². The van der Waals surface area contributed by atoms with Crippen molar-refractivity contribution in [2.75, 3.05) is 19.6 Å². The van der Waals surface area contributed by atoms with Crippen molar-refractivity contribution in [3.8, 4) is 0 Å². The Bertz CT molecular complexity index is 1030. The average molecular weight is 469 g/mol. The van der Waals surface area contributed by atoms with Crippen molar-refractivity contribution in [1.82, 2.24) is 9.91 Å². The standard InChI is InChI=1S/C24H28N4O2S2/c25-24(30)17-6-2-10-27(14-17)15-21(29)28-23(20-9-4-12-32-20)19-8-1-5-16(22(19)26-28)13-18-7-3-11-31-18/h3-4,7,9,11-13,17,19,23H,1-2,5-6,8,10,14-15H2,(H2,25,30)/b16-13-. The number of amides is 2. The number of rotatable bonds is 5. The van der Waals surface area contributed by atoms with Crippen LogP contribution in [-0.4, -0.2) is 47.1 Å². The zero-order valence-electron chi connectivity index (χ0n) is 18.0.